The maximum Gasteiger partial charge on any atom is 0.302 e. The molecule has 0 saturated carbocycles. The molecule has 0 fully saturated rings. The Morgan fingerprint density at radius 2 is 1.70 bits per heavy atom. The van der Waals surface area contributed by atoms with Gasteiger partial charge in [-0.05, 0) is 0 Å². The quantitative estimate of drug-likeness (QED) is 0.341. The van der Waals surface area contributed by atoms with E-state index in [1.807, 2.05) is 5.48 Å². The van der Waals surface area contributed by atoms with Crippen LogP contribution in [0, 0.1) is 0 Å². The molecular formula is C11H16AsNO7. The average Bonchev–Trinajstić information content (AvgIpc) is 2.46. The number of hydrogen-bond acceptors (Lipinski definition) is 7. The number of carbonyl (C=O) groups excluding carboxylic acids is 2. The molecule has 112 valence electrons. The van der Waals surface area contributed by atoms with Gasteiger partial charge in [-0.25, -0.2) is 0 Å². The van der Waals surface area contributed by atoms with E-state index in [-0.39, 0.29) is 10.3 Å². The van der Waals surface area contributed by atoms with E-state index in [1.165, 1.54) is 33.1 Å². The van der Waals surface area contributed by atoms with Crippen LogP contribution >= 0.6 is 0 Å². The number of esters is 1. The average molecular weight is 349 g/mol. The van der Waals surface area contributed by atoms with E-state index >= 15 is 0 Å². The molecule has 1 unspecified atom stereocenters. The summed E-state index contributed by atoms with van der Waals surface area (Å²) in [6.45, 7) is 2.54. The summed E-state index contributed by atoms with van der Waals surface area (Å²) in [4.78, 5) is 20.1. The molecule has 20 heavy (non-hydrogen) atoms. The summed E-state index contributed by atoms with van der Waals surface area (Å²) < 4.78 is 24.6. The molecule has 1 aromatic carbocycles. The van der Waals surface area contributed by atoms with Crippen LogP contribution in [0.3, 0.4) is 0 Å². The molecule has 0 aliphatic carbocycles. The number of hydroxylamine groups is 1. The van der Waals surface area contributed by atoms with Crippen LogP contribution in [0.25, 0.3) is 0 Å². The van der Waals surface area contributed by atoms with Gasteiger partial charge in [-0.2, -0.15) is 0 Å². The summed E-state index contributed by atoms with van der Waals surface area (Å²) in [5, 5.41) is 8.54. The Labute approximate surface area is 118 Å². The first-order valence-electron chi connectivity index (χ1n) is 5.34. The van der Waals surface area contributed by atoms with Gasteiger partial charge in [0.05, 0.1) is 7.11 Å². The van der Waals surface area contributed by atoms with Gasteiger partial charge in [-0.3, -0.25) is 4.79 Å². The van der Waals surface area contributed by atoms with Crippen LogP contribution in [0.5, 0.6) is 0 Å². The topological polar surface area (TPSA) is 111 Å². The molecule has 1 atom stereocenters. The van der Waals surface area contributed by atoms with Crippen molar-refractivity contribution in [3.8, 4) is 0 Å². The standard InChI is InChI=1S/C8H10AsNO5.C3H6O2/c1-7(11)10-14-9(12,15-13)8-5-3-2-4-6-8;1-3(4)5-2/h2-6,13H,1H3,(H,10,11);1-2H3. The predicted molar refractivity (Wildman–Crippen MR) is 68.8 cm³/mol. The zero-order valence-corrected chi connectivity index (χ0v) is 13.1. The van der Waals surface area contributed by atoms with Crippen LogP contribution in [-0.4, -0.2) is 38.4 Å². The van der Waals surface area contributed by atoms with Crippen LogP contribution in [0.15, 0.2) is 30.3 Å². The Bertz CT molecular complexity index is 477. The van der Waals surface area contributed by atoms with E-state index < -0.39 is 20.1 Å². The van der Waals surface area contributed by atoms with E-state index in [2.05, 4.69) is 12.4 Å². The Morgan fingerprint density at radius 3 is 2.05 bits per heavy atom. The van der Waals surface area contributed by atoms with Gasteiger partial charge < -0.3 is 4.74 Å². The second-order valence-electron chi connectivity index (χ2n) is 3.36. The van der Waals surface area contributed by atoms with Crippen molar-refractivity contribution in [2.45, 2.75) is 13.8 Å². The van der Waals surface area contributed by atoms with Crippen molar-refractivity contribution in [1.82, 2.24) is 5.48 Å². The molecule has 0 heterocycles. The summed E-state index contributed by atoms with van der Waals surface area (Å²) in [5.41, 5.74) is 1.88. The fourth-order valence-corrected chi connectivity index (χ4v) is 2.99. The van der Waals surface area contributed by atoms with Crippen LogP contribution < -0.4 is 9.83 Å². The minimum absolute atomic E-state index is 0.201. The molecule has 0 aliphatic rings. The van der Waals surface area contributed by atoms with Crippen molar-refractivity contribution >= 4 is 30.4 Å². The number of nitrogens with one attached hydrogen (secondary N) is 1. The van der Waals surface area contributed by atoms with Crippen molar-refractivity contribution in [2.75, 3.05) is 7.11 Å². The van der Waals surface area contributed by atoms with Crippen molar-refractivity contribution in [3.05, 3.63) is 30.3 Å². The monoisotopic (exact) mass is 349 g/mol. The zero-order chi connectivity index (χ0) is 15.6. The molecule has 0 bridgehead atoms. The summed E-state index contributed by atoms with van der Waals surface area (Å²) >= 11 is -4.55. The van der Waals surface area contributed by atoms with Gasteiger partial charge in [-0.1, -0.05) is 0 Å². The maximum atomic E-state index is 11.8. The molecule has 1 aromatic rings. The Morgan fingerprint density at radius 1 is 1.20 bits per heavy atom. The van der Waals surface area contributed by atoms with E-state index in [0.717, 1.165) is 0 Å². The number of methoxy groups -OCH3 is 1. The smallest absolute Gasteiger partial charge is 0.302 e. The first kappa shape index (κ1) is 18.4. The van der Waals surface area contributed by atoms with Crippen molar-refractivity contribution in [3.63, 3.8) is 0 Å². The normalized spacial score (nSPS) is 12.4. The number of benzene rings is 1. The third kappa shape index (κ3) is 7.10. The maximum absolute atomic E-state index is 11.8. The number of ether oxygens (including phenoxy) is 1. The van der Waals surface area contributed by atoms with E-state index in [9.17, 15) is 13.3 Å². The number of hydrogen-bond donors (Lipinski definition) is 2. The molecule has 0 spiro atoms. The first-order chi connectivity index (χ1) is 9.35. The summed E-state index contributed by atoms with van der Waals surface area (Å²) in [7, 11) is 1.35. The first-order valence-corrected chi connectivity index (χ1v) is 8.58. The number of amides is 1. The third-order valence-electron chi connectivity index (χ3n) is 1.78. The van der Waals surface area contributed by atoms with Gasteiger partial charge in [0.2, 0.25) is 0 Å². The molecule has 0 saturated heterocycles. The van der Waals surface area contributed by atoms with Gasteiger partial charge in [-0.15, -0.1) is 0 Å². The second kappa shape index (κ2) is 9.33. The van der Waals surface area contributed by atoms with Crippen LogP contribution in [0.2, 0.25) is 0 Å². The SMILES string of the molecule is CC(=O)NO[As](=O)(OO)c1ccccc1.COC(C)=O. The van der Waals surface area contributed by atoms with E-state index in [4.69, 9.17) is 5.26 Å². The zero-order valence-electron chi connectivity index (χ0n) is 11.2. The third-order valence-corrected chi connectivity index (χ3v) is 4.88. The fraction of sp³-hybridized carbons (Fsp3) is 0.273. The number of rotatable bonds is 4. The molecule has 0 radical (unpaired) electrons. The van der Waals surface area contributed by atoms with Gasteiger partial charge in [0, 0.05) is 6.92 Å². The largest absolute Gasteiger partial charge is 0.469 e. The van der Waals surface area contributed by atoms with Crippen molar-refractivity contribution < 1.29 is 31.0 Å². The molecule has 8 nitrogen and oxygen atoms in total. The van der Waals surface area contributed by atoms with E-state index in [0.29, 0.717) is 0 Å². The second-order valence-corrected chi connectivity index (χ2v) is 7.26. The number of carbonyl (C=O) groups is 2. The van der Waals surface area contributed by atoms with Crippen LogP contribution in [0.1, 0.15) is 13.8 Å². The Balaban J connectivity index is 0.000000621. The molecule has 9 heteroatoms. The summed E-state index contributed by atoms with van der Waals surface area (Å²) in [6, 6.07) is 7.87. The van der Waals surface area contributed by atoms with Crippen LogP contribution in [0.4, 0.5) is 0 Å². The molecule has 0 aromatic heterocycles. The summed E-state index contributed by atoms with van der Waals surface area (Å²) in [5.74, 6) is -0.783. The van der Waals surface area contributed by atoms with Gasteiger partial charge in [0.25, 0.3) is 0 Å². The minimum atomic E-state index is -4.55. The Hall–Kier alpha value is -1.60. The van der Waals surface area contributed by atoms with Gasteiger partial charge >= 0.3 is 94.6 Å². The van der Waals surface area contributed by atoms with Crippen molar-refractivity contribution in [2.24, 2.45) is 0 Å². The summed E-state index contributed by atoms with van der Waals surface area (Å²) in [6.07, 6.45) is 0. The van der Waals surface area contributed by atoms with E-state index in [1.54, 1.807) is 18.2 Å². The molecule has 1 rings (SSSR count). The van der Waals surface area contributed by atoms with Crippen molar-refractivity contribution in [1.29, 1.82) is 0 Å². The molecule has 1 amide bonds. The molecule has 0 aliphatic heterocycles. The van der Waals surface area contributed by atoms with Gasteiger partial charge in [0.15, 0.2) is 0 Å². The van der Waals surface area contributed by atoms with Crippen LogP contribution in [-0.2, 0) is 25.8 Å². The molecular weight excluding hydrogens is 333 g/mol. The minimum Gasteiger partial charge on any atom is -0.469 e. The molecule has 2 N–H and O–H groups in total. The Kier molecular flexibility index (Phi) is 8.58. The predicted octanol–water partition coefficient (Wildman–Crippen LogP) is -0.000400. The fourth-order valence-electron chi connectivity index (χ4n) is 0.851. The van der Waals surface area contributed by atoms with Gasteiger partial charge in [0.1, 0.15) is 0 Å².